The zero-order valence-corrected chi connectivity index (χ0v) is 13.9. The van der Waals surface area contributed by atoms with Gasteiger partial charge in [0.25, 0.3) is 0 Å². The van der Waals surface area contributed by atoms with Crippen LogP contribution in [0.15, 0.2) is 24.3 Å². The Morgan fingerprint density at radius 2 is 1.76 bits per heavy atom. The molecule has 0 radical (unpaired) electrons. The molecule has 4 nitrogen and oxygen atoms in total. The minimum absolute atomic E-state index is 0.0276. The first-order valence-corrected chi connectivity index (χ1v) is 7.77. The lowest BCUT2D eigenvalue weighted by Gasteiger charge is -2.27. The van der Waals surface area contributed by atoms with Gasteiger partial charge in [0.1, 0.15) is 0 Å². The van der Waals surface area contributed by atoms with Gasteiger partial charge in [0.05, 0.1) is 0 Å². The fourth-order valence-electron chi connectivity index (χ4n) is 2.24. The van der Waals surface area contributed by atoms with E-state index in [4.69, 9.17) is 5.73 Å². The number of nitrogens with two attached hydrogens (primary N) is 1. The Balaban J connectivity index is 2.64. The second-order valence-electron chi connectivity index (χ2n) is 6.09. The van der Waals surface area contributed by atoms with Gasteiger partial charge in [-0.05, 0) is 51.0 Å². The van der Waals surface area contributed by atoms with E-state index in [1.165, 1.54) is 5.69 Å². The fourth-order valence-corrected chi connectivity index (χ4v) is 2.24. The van der Waals surface area contributed by atoms with Crippen molar-refractivity contribution < 1.29 is 4.79 Å². The minimum atomic E-state index is -0.0965. The van der Waals surface area contributed by atoms with Crippen molar-refractivity contribution in [1.82, 2.24) is 0 Å². The van der Waals surface area contributed by atoms with Crippen LogP contribution in [0.2, 0.25) is 0 Å². The number of benzene rings is 1. The Labute approximate surface area is 128 Å². The average Bonchev–Trinajstić information content (AvgIpc) is 2.40. The second-order valence-corrected chi connectivity index (χ2v) is 6.09. The third kappa shape index (κ3) is 5.38. The second kappa shape index (κ2) is 8.03. The molecule has 4 heteroatoms. The van der Waals surface area contributed by atoms with Gasteiger partial charge in [-0.2, -0.15) is 0 Å². The summed E-state index contributed by atoms with van der Waals surface area (Å²) in [4.78, 5) is 14.2. The van der Waals surface area contributed by atoms with Crippen molar-refractivity contribution in [3.05, 3.63) is 24.3 Å². The summed E-state index contributed by atoms with van der Waals surface area (Å²) in [6, 6.07) is 8.33. The van der Waals surface area contributed by atoms with Crippen LogP contribution in [0.3, 0.4) is 0 Å². The SMILES string of the molecule is CCN(c1ccc(NC(=O)CC(N)C(C)C)cc1)C(C)C. The van der Waals surface area contributed by atoms with Gasteiger partial charge >= 0.3 is 0 Å². The highest BCUT2D eigenvalue weighted by atomic mass is 16.1. The molecule has 0 bridgehead atoms. The van der Waals surface area contributed by atoms with Gasteiger partial charge in [-0.1, -0.05) is 13.8 Å². The molecule has 0 spiro atoms. The number of nitrogens with one attached hydrogen (secondary N) is 1. The predicted molar refractivity (Wildman–Crippen MR) is 90.7 cm³/mol. The van der Waals surface area contributed by atoms with Gasteiger partial charge in [0, 0.05) is 36.4 Å². The maximum absolute atomic E-state index is 11.9. The molecule has 3 N–H and O–H groups in total. The van der Waals surface area contributed by atoms with Gasteiger partial charge in [0.15, 0.2) is 0 Å². The number of anilines is 2. The molecule has 1 aromatic carbocycles. The first-order valence-electron chi connectivity index (χ1n) is 7.77. The molecule has 0 fully saturated rings. The standard InChI is InChI=1S/C17H29N3O/c1-6-20(13(4)5)15-9-7-14(8-10-15)19-17(21)11-16(18)12(2)3/h7-10,12-13,16H,6,11,18H2,1-5H3,(H,19,21). The molecule has 1 atom stereocenters. The van der Waals surface area contributed by atoms with Crippen LogP contribution in [-0.4, -0.2) is 24.5 Å². The van der Waals surface area contributed by atoms with E-state index in [1.807, 2.05) is 38.1 Å². The summed E-state index contributed by atoms with van der Waals surface area (Å²) in [7, 11) is 0. The Morgan fingerprint density at radius 1 is 1.19 bits per heavy atom. The molecular formula is C17H29N3O. The van der Waals surface area contributed by atoms with E-state index >= 15 is 0 Å². The van der Waals surface area contributed by atoms with Crippen LogP contribution in [0.5, 0.6) is 0 Å². The Hall–Kier alpha value is -1.55. The lowest BCUT2D eigenvalue weighted by atomic mass is 10.0. The van der Waals surface area contributed by atoms with E-state index in [1.54, 1.807) is 0 Å². The van der Waals surface area contributed by atoms with Crippen molar-refractivity contribution in [2.45, 2.75) is 53.1 Å². The first-order chi connectivity index (χ1) is 9.85. The number of carbonyl (C=O) groups is 1. The van der Waals surface area contributed by atoms with Gasteiger partial charge in [-0.25, -0.2) is 0 Å². The number of hydrogen-bond donors (Lipinski definition) is 2. The molecule has 1 amide bonds. The van der Waals surface area contributed by atoms with Gasteiger partial charge in [-0.3, -0.25) is 4.79 Å². The number of rotatable bonds is 7. The van der Waals surface area contributed by atoms with E-state index in [2.05, 4.69) is 31.0 Å². The topological polar surface area (TPSA) is 58.4 Å². The van der Waals surface area contributed by atoms with Gasteiger partial charge in [0.2, 0.25) is 5.91 Å². The van der Waals surface area contributed by atoms with E-state index in [-0.39, 0.29) is 11.9 Å². The van der Waals surface area contributed by atoms with Crippen molar-refractivity contribution in [3.8, 4) is 0 Å². The molecule has 1 rings (SSSR count). The Kier molecular flexibility index (Phi) is 6.69. The monoisotopic (exact) mass is 291 g/mol. The van der Waals surface area contributed by atoms with Crippen molar-refractivity contribution >= 4 is 17.3 Å². The van der Waals surface area contributed by atoms with E-state index in [0.29, 0.717) is 18.4 Å². The minimum Gasteiger partial charge on any atom is -0.369 e. The summed E-state index contributed by atoms with van der Waals surface area (Å²) < 4.78 is 0. The molecule has 1 unspecified atom stereocenters. The van der Waals surface area contributed by atoms with Crippen molar-refractivity contribution in [2.75, 3.05) is 16.8 Å². The van der Waals surface area contributed by atoms with Crippen LogP contribution in [-0.2, 0) is 4.79 Å². The molecule has 0 aromatic heterocycles. The van der Waals surface area contributed by atoms with Crippen LogP contribution in [0.1, 0.15) is 41.0 Å². The summed E-state index contributed by atoms with van der Waals surface area (Å²) in [5, 5.41) is 2.90. The number of amides is 1. The van der Waals surface area contributed by atoms with Crippen LogP contribution in [0.25, 0.3) is 0 Å². The average molecular weight is 291 g/mol. The summed E-state index contributed by atoms with van der Waals surface area (Å²) in [6.45, 7) is 11.5. The highest BCUT2D eigenvalue weighted by Crippen LogP contribution is 2.20. The number of nitrogens with zero attached hydrogens (tertiary/aromatic N) is 1. The molecule has 0 heterocycles. The number of carbonyl (C=O) groups excluding carboxylic acids is 1. The lowest BCUT2D eigenvalue weighted by Crippen LogP contribution is -2.31. The quantitative estimate of drug-likeness (QED) is 0.811. The van der Waals surface area contributed by atoms with E-state index < -0.39 is 0 Å². The Bertz CT molecular complexity index is 440. The zero-order valence-electron chi connectivity index (χ0n) is 13.9. The van der Waals surface area contributed by atoms with Crippen molar-refractivity contribution in [1.29, 1.82) is 0 Å². The van der Waals surface area contributed by atoms with Crippen LogP contribution in [0, 0.1) is 5.92 Å². The summed E-state index contributed by atoms with van der Waals surface area (Å²) in [5.74, 6) is 0.280. The maximum Gasteiger partial charge on any atom is 0.225 e. The molecule has 21 heavy (non-hydrogen) atoms. The van der Waals surface area contributed by atoms with Gasteiger partial charge < -0.3 is 16.0 Å². The lowest BCUT2D eigenvalue weighted by molar-refractivity contribution is -0.116. The highest BCUT2D eigenvalue weighted by Gasteiger charge is 2.13. The third-order valence-corrected chi connectivity index (χ3v) is 3.72. The van der Waals surface area contributed by atoms with Crippen LogP contribution in [0.4, 0.5) is 11.4 Å². The van der Waals surface area contributed by atoms with E-state index in [0.717, 1.165) is 12.2 Å². The van der Waals surface area contributed by atoms with Crippen molar-refractivity contribution in [2.24, 2.45) is 11.7 Å². The predicted octanol–water partition coefficient (Wildman–Crippen LogP) is 3.23. The molecule has 118 valence electrons. The largest absolute Gasteiger partial charge is 0.369 e. The molecule has 0 aliphatic rings. The highest BCUT2D eigenvalue weighted by molar-refractivity contribution is 5.91. The summed E-state index contributed by atoms with van der Waals surface area (Å²) in [6.07, 6.45) is 0.354. The third-order valence-electron chi connectivity index (χ3n) is 3.72. The number of hydrogen-bond acceptors (Lipinski definition) is 3. The zero-order chi connectivity index (χ0) is 16.0. The first kappa shape index (κ1) is 17.5. The molecule has 0 saturated heterocycles. The molecule has 0 aliphatic carbocycles. The summed E-state index contributed by atoms with van der Waals surface area (Å²) in [5.41, 5.74) is 7.91. The van der Waals surface area contributed by atoms with Gasteiger partial charge in [-0.15, -0.1) is 0 Å². The molecule has 1 aromatic rings. The Morgan fingerprint density at radius 3 is 2.19 bits per heavy atom. The van der Waals surface area contributed by atoms with Crippen LogP contribution < -0.4 is 16.0 Å². The summed E-state index contributed by atoms with van der Waals surface area (Å²) >= 11 is 0. The van der Waals surface area contributed by atoms with Crippen LogP contribution >= 0.6 is 0 Å². The normalized spacial score (nSPS) is 12.6. The molecule has 0 aliphatic heterocycles. The molecule has 0 saturated carbocycles. The molecular weight excluding hydrogens is 262 g/mol. The van der Waals surface area contributed by atoms with Crippen molar-refractivity contribution in [3.63, 3.8) is 0 Å². The smallest absolute Gasteiger partial charge is 0.225 e. The van der Waals surface area contributed by atoms with E-state index in [9.17, 15) is 4.79 Å². The fraction of sp³-hybridized carbons (Fsp3) is 0.588. The maximum atomic E-state index is 11.9.